The van der Waals surface area contributed by atoms with Gasteiger partial charge < -0.3 is 18.9 Å². The Bertz CT molecular complexity index is 719. The van der Waals surface area contributed by atoms with E-state index >= 15 is 0 Å². The number of phosphoric ester groups is 1. The van der Waals surface area contributed by atoms with Crippen LogP contribution in [0.1, 0.15) is 206 Å². The van der Waals surface area contributed by atoms with Gasteiger partial charge in [0.05, 0.1) is 34.4 Å². The van der Waals surface area contributed by atoms with E-state index in [4.69, 9.17) is 18.5 Å². The lowest BCUT2D eigenvalue weighted by atomic mass is 10.0. The maximum atomic E-state index is 12.5. The summed E-state index contributed by atoms with van der Waals surface area (Å²) in [5, 5.41) is 0. The predicted molar refractivity (Wildman–Crippen MR) is 215 cm³/mol. The fourth-order valence-corrected chi connectivity index (χ4v) is 7.04. The van der Waals surface area contributed by atoms with Crippen molar-refractivity contribution in [2.45, 2.75) is 213 Å². The summed E-state index contributed by atoms with van der Waals surface area (Å²) in [6.45, 7) is 7.02. The first-order valence-corrected chi connectivity index (χ1v) is 23.3. The molecule has 0 aromatic carbocycles. The van der Waals surface area contributed by atoms with Crippen LogP contribution in [-0.2, 0) is 23.1 Å². The maximum absolute atomic E-state index is 12.5. The standard InChI is InChI=1S/C42H88NO6P/c1-6-8-10-12-14-16-18-20-22-23-25-27-29-31-33-35-38-47-42(41-49-50(44,45)48-39-36-43(3,4)5)40-46-37-34-32-30-28-26-24-21-19-17-15-13-11-9-7-2/h42H,6-41H2,1-5H3/p+1/t42-/m1/s1. The van der Waals surface area contributed by atoms with Crippen LogP contribution in [0.25, 0.3) is 0 Å². The molecule has 2 atom stereocenters. The van der Waals surface area contributed by atoms with Crippen molar-refractivity contribution in [3.05, 3.63) is 0 Å². The van der Waals surface area contributed by atoms with Gasteiger partial charge in [-0.05, 0) is 12.8 Å². The molecule has 1 N–H and O–H groups in total. The van der Waals surface area contributed by atoms with Gasteiger partial charge in [0.15, 0.2) is 0 Å². The van der Waals surface area contributed by atoms with Gasteiger partial charge in [-0.25, -0.2) is 4.57 Å². The van der Waals surface area contributed by atoms with Crippen molar-refractivity contribution < 1.29 is 32.5 Å². The normalized spacial score (nSPS) is 14.0. The Morgan fingerprint density at radius 2 is 0.800 bits per heavy atom. The first-order chi connectivity index (χ1) is 24.2. The number of hydrogen-bond acceptors (Lipinski definition) is 5. The van der Waals surface area contributed by atoms with Crippen molar-refractivity contribution in [1.82, 2.24) is 0 Å². The third kappa shape index (κ3) is 40.8. The topological polar surface area (TPSA) is 74.2 Å². The number of hydrogen-bond donors (Lipinski definition) is 1. The van der Waals surface area contributed by atoms with Gasteiger partial charge in [-0.1, -0.05) is 194 Å². The molecule has 0 spiro atoms. The molecule has 7 nitrogen and oxygen atoms in total. The smallest absolute Gasteiger partial charge is 0.379 e. The number of nitrogens with zero attached hydrogens (tertiary/aromatic N) is 1. The van der Waals surface area contributed by atoms with Crippen molar-refractivity contribution in [2.24, 2.45) is 0 Å². The van der Waals surface area contributed by atoms with E-state index in [0.717, 1.165) is 19.3 Å². The fourth-order valence-electron chi connectivity index (χ4n) is 6.30. The number of unbranched alkanes of at least 4 members (excludes halogenated alkanes) is 28. The molecule has 0 aromatic heterocycles. The Morgan fingerprint density at radius 1 is 0.460 bits per heavy atom. The van der Waals surface area contributed by atoms with Crippen LogP contribution >= 0.6 is 7.82 Å². The first-order valence-electron chi connectivity index (χ1n) is 21.8. The average Bonchev–Trinajstić information content (AvgIpc) is 3.07. The molecular formula is C42H89NO6P+. The summed E-state index contributed by atoms with van der Waals surface area (Å²) in [7, 11) is 1.92. The van der Waals surface area contributed by atoms with Crippen molar-refractivity contribution in [2.75, 3.05) is 60.7 Å². The van der Waals surface area contributed by atoms with Crippen LogP contribution in [0.2, 0.25) is 0 Å². The molecule has 0 aliphatic carbocycles. The molecule has 302 valence electrons. The SMILES string of the molecule is CCCCCCCCCCCCCCCCCCO[C@H](COCCCCCCCCCCCCCCCC)COP(=O)(O)OCC[N+](C)(C)C. The van der Waals surface area contributed by atoms with Gasteiger partial charge in [-0.2, -0.15) is 0 Å². The molecule has 1 unspecified atom stereocenters. The molecule has 0 bridgehead atoms. The summed E-state index contributed by atoms with van der Waals surface area (Å²) in [6, 6.07) is 0. The Labute approximate surface area is 312 Å². The first kappa shape index (κ1) is 50.0. The molecule has 0 amide bonds. The molecule has 0 fully saturated rings. The van der Waals surface area contributed by atoms with Crippen molar-refractivity contribution >= 4 is 7.82 Å². The van der Waals surface area contributed by atoms with Crippen LogP contribution < -0.4 is 0 Å². The van der Waals surface area contributed by atoms with E-state index in [9.17, 15) is 9.46 Å². The minimum Gasteiger partial charge on any atom is -0.379 e. The van der Waals surface area contributed by atoms with E-state index in [1.807, 2.05) is 21.1 Å². The number of quaternary nitrogens is 1. The summed E-state index contributed by atoms with van der Waals surface area (Å²) in [5.41, 5.74) is 0. The van der Waals surface area contributed by atoms with Crippen LogP contribution in [-0.4, -0.2) is 76.2 Å². The quantitative estimate of drug-likeness (QED) is 0.0382. The van der Waals surface area contributed by atoms with Crippen LogP contribution in [0.15, 0.2) is 0 Å². The number of phosphoric acid groups is 1. The lowest BCUT2D eigenvalue weighted by molar-refractivity contribution is -0.870. The highest BCUT2D eigenvalue weighted by molar-refractivity contribution is 7.47. The number of likely N-dealkylation sites (N-methyl/N-ethyl adjacent to an activating group) is 1. The van der Waals surface area contributed by atoms with Gasteiger partial charge in [-0.15, -0.1) is 0 Å². The summed E-state index contributed by atoms with van der Waals surface area (Å²) >= 11 is 0. The fraction of sp³-hybridized carbons (Fsp3) is 1.00. The van der Waals surface area contributed by atoms with Crippen LogP contribution in [0, 0.1) is 0 Å². The zero-order valence-electron chi connectivity index (χ0n) is 34.4. The van der Waals surface area contributed by atoms with Gasteiger partial charge in [0.1, 0.15) is 19.3 Å². The summed E-state index contributed by atoms with van der Waals surface area (Å²) in [5.74, 6) is 0. The van der Waals surface area contributed by atoms with Gasteiger partial charge in [0, 0.05) is 13.2 Å². The molecule has 0 saturated carbocycles. The summed E-state index contributed by atoms with van der Waals surface area (Å²) < 4.78 is 35.7. The van der Waals surface area contributed by atoms with Crippen LogP contribution in [0.3, 0.4) is 0 Å². The lowest BCUT2D eigenvalue weighted by Gasteiger charge is -2.24. The molecule has 0 saturated heterocycles. The van der Waals surface area contributed by atoms with Gasteiger partial charge in [0.25, 0.3) is 0 Å². The molecule has 8 heteroatoms. The summed E-state index contributed by atoms with van der Waals surface area (Å²) in [4.78, 5) is 10.2. The van der Waals surface area contributed by atoms with Crippen molar-refractivity contribution in [3.63, 3.8) is 0 Å². The zero-order chi connectivity index (χ0) is 36.9. The van der Waals surface area contributed by atoms with Gasteiger partial charge in [-0.3, -0.25) is 9.05 Å². The molecular weight excluding hydrogens is 645 g/mol. The second kappa shape index (κ2) is 37.3. The lowest BCUT2D eigenvalue weighted by Crippen LogP contribution is -2.37. The average molecular weight is 735 g/mol. The van der Waals surface area contributed by atoms with Gasteiger partial charge in [0.2, 0.25) is 0 Å². The molecule has 0 heterocycles. The van der Waals surface area contributed by atoms with Crippen LogP contribution in [0.5, 0.6) is 0 Å². The van der Waals surface area contributed by atoms with E-state index in [-0.39, 0.29) is 19.3 Å². The maximum Gasteiger partial charge on any atom is 0.472 e. The Morgan fingerprint density at radius 3 is 1.16 bits per heavy atom. The molecule has 0 radical (unpaired) electrons. The molecule has 0 aliphatic rings. The highest BCUT2D eigenvalue weighted by Crippen LogP contribution is 2.43. The largest absolute Gasteiger partial charge is 0.472 e. The second-order valence-electron chi connectivity index (χ2n) is 16.1. The third-order valence-corrected chi connectivity index (χ3v) is 10.7. The Kier molecular flexibility index (Phi) is 37.3. The molecule has 0 aromatic rings. The van der Waals surface area contributed by atoms with E-state index in [2.05, 4.69) is 13.8 Å². The van der Waals surface area contributed by atoms with Crippen molar-refractivity contribution in [3.8, 4) is 0 Å². The molecule has 0 rings (SSSR count). The highest BCUT2D eigenvalue weighted by Gasteiger charge is 2.25. The van der Waals surface area contributed by atoms with E-state index < -0.39 is 7.82 Å². The summed E-state index contributed by atoms with van der Waals surface area (Å²) in [6.07, 6.45) is 39.8. The second-order valence-corrected chi connectivity index (χ2v) is 17.5. The monoisotopic (exact) mass is 735 g/mol. The minimum absolute atomic E-state index is 0.00422. The van der Waals surface area contributed by atoms with E-state index in [1.165, 1.54) is 173 Å². The van der Waals surface area contributed by atoms with E-state index in [0.29, 0.717) is 30.8 Å². The predicted octanol–water partition coefficient (Wildman–Crippen LogP) is 13.0. The Hall–Kier alpha value is -0.0100. The third-order valence-electron chi connectivity index (χ3n) is 9.74. The highest BCUT2D eigenvalue weighted by atomic mass is 31.2. The van der Waals surface area contributed by atoms with Gasteiger partial charge >= 0.3 is 7.82 Å². The minimum atomic E-state index is -4.13. The number of rotatable bonds is 42. The zero-order valence-corrected chi connectivity index (χ0v) is 35.3. The number of ether oxygens (including phenoxy) is 2. The molecule has 0 aliphatic heterocycles. The van der Waals surface area contributed by atoms with Crippen molar-refractivity contribution in [1.29, 1.82) is 0 Å². The Balaban J connectivity index is 4.06. The van der Waals surface area contributed by atoms with Crippen LogP contribution in [0.4, 0.5) is 0 Å². The van der Waals surface area contributed by atoms with E-state index in [1.54, 1.807) is 0 Å². The molecule has 50 heavy (non-hydrogen) atoms.